The fourth-order valence-corrected chi connectivity index (χ4v) is 2.61. The molecule has 128 valence electrons. The van der Waals surface area contributed by atoms with Crippen LogP contribution in [0.1, 0.15) is 12.5 Å². The topological polar surface area (TPSA) is 74.8 Å². The lowest BCUT2D eigenvalue weighted by atomic mass is 10.2. The molecule has 5 nitrogen and oxygen atoms in total. The Morgan fingerprint density at radius 2 is 2.08 bits per heavy atom. The van der Waals surface area contributed by atoms with E-state index in [0.29, 0.717) is 0 Å². The minimum absolute atomic E-state index is 0.0141. The number of benzene rings is 1. The summed E-state index contributed by atoms with van der Waals surface area (Å²) in [5, 5.41) is 1.83. The van der Waals surface area contributed by atoms with Crippen LogP contribution in [0.2, 0.25) is 5.02 Å². The van der Waals surface area contributed by atoms with Crippen LogP contribution < -0.4 is 10.9 Å². The van der Waals surface area contributed by atoms with Crippen molar-refractivity contribution in [3.05, 3.63) is 51.4 Å². The van der Waals surface area contributed by atoms with Gasteiger partial charge in [-0.3, -0.25) is 9.59 Å². The van der Waals surface area contributed by atoms with E-state index >= 15 is 0 Å². The van der Waals surface area contributed by atoms with Crippen LogP contribution in [0.4, 0.5) is 18.9 Å². The number of anilines is 1. The van der Waals surface area contributed by atoms with Gasteiger partial charge in [-0.25, -0.2) is 4.98 Å². The standard InChI is InChI=1S/C14H11ClF3N3O2S/c1-7(24-13-19-5-4-11(22)21-13)12(23)20-10-6-8(14(16,17)18)2-3-9(10)15/h2-7H,1H3,(H,20,23)(H,19,21,22)/t7-/m0/s1. The number of hydrogen-bond donors (Lipinski definition) is 2. The average Bonchev–Trinajstić information content (AvgIpc) is 2.48. The summed E-state index contributed by atoms with van der Waals surface area (Å²) in [6, 6.07) is 3.88. The Morgan fingerprint density at radius 1 is 1.38 bits per heavy atom. The van der Waals surface area contributed by atoms with Gasteiger partial charge in [0.1, 0.15) is 0 Å². The van der Waals surface area contributed by atoms with E-state index in [4.69, 9.17) is 11.6 Å². The summed E-state index contributed by atoms with van der Waals surface area (Å²) in [6.07, 6.45) is -3.26. The lowest BCUT2D eigenvalue weighted by Crippen LogP contribution is -2.23. The van der Waals surface area contributed by atoms with E-state index in [1.807, 2.05) is 0 Å². The normalized spacial score (nSPS) is 12.7. The molecule has 2 rings (SSSR count). The molecule has 2 aromatic rings. The van der Waals surface area contributed by atoms with E-state index in [2.05, 4.69) is 15.3 Å². The summed E-state index contributed by atoms with van der Waals surface area (Å²) in [4.78, 5) is 29.6. The maximum Gasteiger partial charge on any atom is 0.416 e. The lowest BCUT2D eigenvalue weighted by Gasteiger charge is -2.14. The van der Waals surface area contributed by atoms with Crippen LogP contribution in [0.3, 0.4) is 0 Å². The molecule has 0 unspecified atom stereocenters. The van der Waals surface area contributed by atoms with Gasteiger partial charge in [0, 0.05) is 12.3 Å². The zero-order valence-corrected chi connectivity index (χ0v) is 13.7. The molecule has 1 aromatic carbocycles. The van der Waals surface area contributed by atoms with E-state index < -0.39 is 22.9 Å². The molecule has 0 aliphatic rings. The third-order valence-electron chi connectivity index (χ3n) is 2.86. The summed E-state index contributed by atoms with van der Waals surface area (Å²) in [6.45, 7) is 1.52. The number of aromatic amines is 1. The van der Waals surface area contributed by atoms with E-state index in [-0.39, 0.29) is 21.4 Å². The van der Waals surface area contributed by atoms with Gasteiger partial charge in [0.25, 0.3) is 5.56 Å². The van der Waals surface area contributed by atoms with Crippen LogP contribution in [-0.2, 0) is 11.0 Å². The molecular formula is C14H11ClF3N3O2S. The van der Waals surface area contributed by atoms with Crippen molar-refractivity contribution in [3.8, 4) is 0 Å². The molecule has 1 aromatic heterocycles. The molecule has 1 atom stereocenters. The number of amides is 1. The number of halogens is 4. The van der Waals surface area contributed by atoms with Gasteiger partial charge >= 0.3 is 6.18 Å². The van der Waals surface area contributed by atoms with Gasteiger partial charge in [-0.1, -0.05) is 23.4 Å². The van der Waals surface area contributed by atoms with Crippen LogP contribution in [-0.4, -0.2) is 21.1 Å². The fourth-order valence-electron chi connectivity index (χ4n) is 1.66. The minimum Gasteiger partial charge on any atom is -0.324 e. The van der Waals surface area contributed by atoms with Gasteiger partial charge in [0.2, 0.25) is 5.91 Å². The van der Waals surface area contributed by atoms with Gasteiger partial charge in [-0.05, 0) is 25.1 Å². The molecule has 0 saturated carbocycles. The van der Waals surface area contributed by atoms with Crippen molar-refractivity contribution in [2.45, 2.75) is 23.5 Å². The quantitative estimate of drug-likeness (QED) is 0.631. The van der Waals surface area contributed by atoms with Crippen LogP contribution in [0, 0.1) is 0 Å². The largest absolute Gasteiger partial charge is 0.416 e. The lowest BCUT2D eigenvalue weighted by molar-refractivity contribution is -0.137. The molecule has 0 aliphatic carbocycles. The molecule has 0 radical (unpaired) electrons. The second-order valence-corrected chi connectivity index (χ2v) is 6.42. The number of nitrogens with one attached hydrogen (secondary N) is 2. The Balaban J connectivity index is 2.12. The van der Waals surface area contributed by atoms with E-state index in [1.54, 1.807) is 0 Å². The van der Waals surface area contributed by atoms with Crippen LogP contribution in [0.25, 0.3) is 0 Å². The highest BCUT2D eigenvalue weighted by atomic mass is 35.5. The molecule has 0 aliphatic heterocycles. The Kier molecular flexibility index (Phi) is 5.55. The van der Waals surface area contributed by atoms with Crippen molar-refractivity contribution < 1.29 is 18.0 Å². The highest BCUT2D eigenvalue weighted by Crippen LogP contribution is 2.34. The molecule has 1 amide bonds. The first-order valence-electron chi connectivity index (χ1n) is 6.56. The van der Waals surface area contributed by atoms with Crippen LogP contribution >= 0.6 is 23.4 Å². The first-order valence-corrected chi connectivity index (χ1v) is 7.82. The smallest absolute Gasteiger partial charge is 0.324 e. The molecule has 0 bridgehead atoms. The third-order valence-corrected chi connectivity index (χ3v) is 4.18. The number of carbonyl (C=O) groups is 1. The molecule has 1 heterocycles. The zero-order valence-electron chi connectivity index (χ0n) is 12.1. The SMILES string of the molecule is C[C@H](Sc1nccc(=O)[nH]1)C(=O)Nc1cc(C(F)(F)F)ccc1Cl. The van der Waals surface area contributed by atoms with Gasteiger partial charge in [0.15, 0.2) is 5.16 Å². The number of H-pyrrole nitrogens is 1. The van der Waals surface area contributed by atoms with Gasteiger partial charge < -0.3 is 10.3 Å². The predicted octanol–water partition coefficient (Wildman–Crippen LogP) is 3.56. The van der Waals surface area contributed by atoms with E-state index in [1.165, 1.54) is 19.2 Å². The van der Waals surface area contributed by atoms with Crippen molar-refractivity contribution in [2.24, 2.45) is 0 Å². The van der Waals surface area contributed by atoms with Crippen LogP contribution in [0.15, 0.2) is 40.4 Å². The first kappa shape index (κ1) is 18.3. The number of carbonyl (C=O) groups excluding carboxylic acids is 1. The number of thioether (sulfide) groups is 1. The van der Waals surface area contributed by atoms with Gasteiger partial charge in [-0.2, -0.15) is 13.2 Å². The summed E-state index contributed by atoms with van der Waals surface area (Å²) < 4.78 is 38.2. The zero-order chi connectivity index (χ0) is 17.9. The van der Waals surface area contributed by atoms with Crippen molar-refractivity contribution >= 4 is 35.0 Å². The number of hydrogen-bond acceptors (Lipinski definition) is 4. The molecule has 10 heteroatoms. The third kappa shape index (κ3) is 4.75. The highest BCUT2D eigenvalue weighted by Gasteiger charge is 2.31. The summed E-state index contributed by atoms with van der Waals surface area (Å²) in [7, 11) is 0. The second-order valence-electron chi connectivity index (χ2n) is 4.68. The van der Waals surface area contributed by atoms with Gasteiger partial charge in [0.05, 0.1) is 21.5 Å². The van der Waals surface area contributed by atoms with Crippen molar-refractivity contribution in [2.75, 3.05) is 5.32 Å². The highest BCUT2D eigenvalue weighted by molar-refractivity contribution is 8.00. The predicted molar refractivity (Wildman–Crippen MR) is 85.3 cm³/mol. The fraction of sp³-hybridized carbons (Fsp3) is 0.214. The van der Waals surface area contributed by atoms with Gasteiger partial charge in [-0.15, -0.1) is 0 Å². The summed E-state index contributed by atoms with van der Waals surface area (Å²) >= 11 is 6.78. The van der Waals surface area contributed by atoms with E-state index in [9.17, 15) is 22.8 Å². The Morgan fingerprint density at radius 3 is 2.71 bits per heavy atom. The van der Waals surface area contributed by atoms with Crippen molar-refractivity contribution in [3.63, 3.8) is 0 Å². The Bertz CT molecular complexity index is 810. The number of rotatable bonds is 4. The molecule has 24 heavy (non-hydrogen) atoms. The van der Waals surface area contributed by atoms with Crippen molar-refractivity contribution in [1.29, 1.82) is 0 Å². The Hall–Kier alpha value is -2.00. The molecule has 0 saturated heterocycles. The molecular weight excluding hydrogens is 367 g/mol. The number of nitrogens with zero attached hydrogens (tertiary/aromatic N) is 1. The number of alkyl halides is 3. The summed E-state index contributed by atoms with van der Waals surface area (Å²) in [5.41, 5.74) is -1.43. The maximum atomic E-state index is 12.7. The monoisotopic (exact) mass is 377 g/mol. The number of aromatic nitrogens is 2. The minimum atomic E-state index is -4.54. The summed E-state index contributed by atoms with van der Waals surface area (Å²) in [5.74, 6) is -0.576. The van der Waals surface area contributed by atoms with Crippen LogP contribution in [0.5, 0.6) is 0 Å². The second kappa shape index (κ2) is 7.27. The molecule has 0 spiro atoms. The molecule has 0 fully saturated rings. The van der Waals surface area contributed by atoms with Crippen molar-refractivity contribution in [1.82, 2.24) is 9.97 Å². The maximum absolute atomic E-state index is 12.7. The Labute approximate surface area is 143 Å². The molecule has 2 N–H and O–H groups in total. The first-order chi connectivity index (χ1) is 11.2. The van der Waals surface area contributed by atoms with E-state index in [0.717, 1.165) is 30.0 Å². The average molecular weight is 378 g/mol.